The van der Waals surface area contributed by atoms with Crippen LogP contribution in [0.15, 0.2) is 47.4 Å². The van der Waals surface area contributed by atoms with E-state index in [0.717, 1.165) is 35.8 Å². The van der Waals surface area contributed by atoms with Gasteiger partial charge in [0, 0.05) is 25.1 Å². The molecule has 168 valence electrons. The third kappa shape index (κ3) is 4.73. The average molecular weight is 449 g/mol. The standard InChI is InChI=1S/C22H28N2O6S/c1-21(27)13-18(14-21)16-6-4-15(5-7-16)17-8-10-24(19(25)12-17)11-9-22(2,20(26)23-28)31(3,29)30/h4-8,10,12,18,27-28H,9,11,13-14H2,1-3H3,(H,23,26)/t18-,21+,22-/m1/s1. The number of carbonyl (C=O) groups excluding carboxylic acids is 1. The summed E-state index contributed by atoms with van der Waals surface area (Å²) in [6.07, 6.45) is 3.79. The molecule has 1 fully saturated rings. The van der Waals surface area contributed by atoms with E-state index in [1.807, 2.05) is 31.2 Å². The van der Waals surface area contributed by atoms with Crippen molar-refractivity contribution in [2.45, 2.75) is 55.9 Å². The number of carbonyl (C=O) groups is 1. The highest BCUT2D eigenvalue weighted by atomic mass is 32.2. The van der Waals surface area contributed by atoms with Gasteiger partial charge in [-0.05, 0) is 61.8 Å². The summed E-state index contributed by atoms with van der Waals surface area (Å²) in [6, 6.07) is 11.1. The third-order valence-electron chi connectivity index (χ3n) is 6.31. The fraction of sp³-hybridized carbons (Fsp3) is 0.455. The summed E-state index contributed by atoms with van der Waals surface area (Å²) in [5.41, 5.74) is 3.25. The number of hydrogen-bond acceptors (Lipinski definition) is 6. The molecule has 0 spiro atoms. The molecular weight excluding hydrogens is 420 g/mol. The molecule has 0 radical (unpaired) electrons. The van der Waals surface area contributed by atoms with Crippen LogP contribution in [0.1, 0.15) is 44.6 Å². The van der Waals surface area contributed by atoms with Crippen molar-refractivity contribution in [3.8, 4) is 11.1 Å². The zero-order valence-corrected chi connectivity index (χ0v) is 18.6. The number of sulfone groups is 1. The van der Waals surface area contributed by atoms with E-state index in [2.05, 4.69) is 0 Å². The summed E-state index contributed by atoms with van der Waals surface area (Å²) in [7, 11) is -3.83. The topological polar surface area (TPSA) is 126 Å². The van der Waals surface area contributed by atoms with Gasteiger partial charge in [-0.15, -0.1) is 0 Å². The Bertz CT molecular complexity index is 1130. The van der Waals surface area contributed by atoms with Crippen LogP contribution >= 0.6 is 0 Å². The minimum atomic E-state index is -3.83. The normalized spacial score (nSPS) is 22.9. The van der Waals surface area contributed by atoms with Gasteiger partial charge in [0.15, 0.2) is 14.6 Å². The number of aromatic nitrogens is 1. The molecule has 9 heteroatoms. The molecule has 0 saturated heterocycles. The quantitative estimate of drug-likeness (QED) is 0.438. The molecule has 1 aliphatic carbocycles. The van der Waals surface area contributed by atoms with Crippen LogP contribution in [0.5, 0.6) is 0 Å². The molecule has 8 nitrogen and oxygen atoms in total. The Labute approximate surface area is 181 Å². The molecule has 1 heterocycles. The van der Waals surface area contributed by atoms with Gasteiger partial charge in [-0.2, -0.15) is 0 Å². The number of amides is 1. The van der Waals surface area contributed by atoms with Gasteiger partial charge in [-0.1, -0.05) is 24.3 Å². The van der Waals surface area contributed by atoms with Crippen LogP contribution < -0.4 is 11.0 Å². The van der Waals surface area contributed by atoms with E-state index in [1.165, 1.54) is 23.0 Å². The Hall–Kier alpha value is -2.49. The summed E-state index contributed by atoms with van der Waals surface area (Å²) in [6.45, 7) is 3.05. The Kier molecular flexibility index (Phi) is 6.14. The lowest BCUT2D eigenvalue weighted by molar-refractivity contribution is -0.131. The summed E-state index contributed by atoms with van der Waals surface area (Å²) < 4.78 is 23.6. The molecule has 1 saturated carbocycles. The van der Waals surface area contributed by atoms with Crippen molar-refractivity contribution in [1.29, 1.82) is 0 Å². The van der Waals surface area contributed by atoms with Crippen LogP contribution in [0.25, 0.3) is 11.1 Å². The largest absolute Gasteiger partial charge is 0.390 e. The Morgan fingerprint density at radius 1 is 1.23 bits per heavy atom. The van der Waals surface area contributed by atoms with Gasteiger partial charge in [0.05, 0.1) is 5.60 Å². The van der Waals surface area contributed by atoms with Gasteiger partial charge in [-0.25, -0.2) is 13.9 Å². The first-order chi connectivity index (χ1) is 14.4. The summed E-state index contributed by atoms with van der Waals surface area (Å²) >= 11 is 0. The van der Waals surface area contributed by atoms with Crippen molar-refractivity contribution in [2.75, 3.05) is 6.26 Å². The lowest BCUT2D eigenvalue weighted by Crippen LogP contribution is -2.49. The van der Waals surface area contributed by atoms with Crippen molar-refractivity contribution in [3.63, 3.8) is 0 Å². The first kappa shape index (κ1) is 23.2. The highest BCUT2D eigenvalue weighted by molar-refractivity contribution is 7.92. The molecule has 3 N–H and O–H groups in total. The fourth-order valence-electron chi connectivity index (χ4n) is 3.98. The number of benzene rings is 1. The Balaban J connectivity index is 1.74. The zero-order chi connectivity index (χ0) is 23.0. The number of aliphatic hydroxyl groups is 1. The Morgan fingerprint density at radius 3 is 2.32 bits per heavy atom. The third-order valence-corrected chi connectivity index (χ3v) is 8.34. The number of aryl methyl sites for hydroxylation is 1. The number of hydrogen-bond donors (Lipinski definition) is 3. The summed E-state index contributed by atoms with van der Waals surface area (Å²) in [5, 5.41) is 18.8. The molecule has 1 amide bonds. The lowest BCUT2D eigenvalue weighted by atomic mass is 9.69. The molecule has 1 aromatic heterocycles. The number of nitrogens with zero attached hydrogens (tertiary/aromatic N) is 1. The van der Waals surface area contributed by atoms with Gasteiger partial charge in [0.1, 0.15) is 0 Å². The van der Waals surface area contributed by atoms with Gasteiger partial charge >= 0.3 is 0 Å². The first-order valence-corrected chi connectivity index (χ1v) is 11.9. The highest BCUT2D eigenvalue weighted by Crippen LogP contribution is 2.44. The van der Waals surface area contributed by atoms with Crippen molar-refractivity contribution >= 4 is 15.7 Å². The monoisotopic (exact) mass is 448 g/mol. The maximum atomic E-state index is 12.6. The van der Waals surface area contributed by atoms with Crippen LogP contribution in [0.4, 0.5) is 0 Å². The number of nitrogens with one attached hydrogen (secondary N) is 1. The van der Waals surface area contributed by atoms with E-state index in [1.54, 1.807) is 12.3 Å². The second-order valence-electron chi connectivity index (χ2n) is 8.87. The number of pyridine rings is 1. The lowest BCUT2D eigenvalue weighted by Gasteiger charge is -2.41. The van der Waals surface area contributed by atoms with E-state index in [4.69, 9.17) is 5.21 Å². The predicted molar refractivity (Wildman–Crippen MR) is 117 cm³/mol. The molecule has 3 rings (SSSR count). The smallest absolute Gasteiger partial charge is 0.264 e. The molecular formula is C22H28N2O6S. The molecule has 1 atom stereocenters. The predicted octanol–water partition coefficient (Wildman–Crippen LogP) is 1.84. The van der Waals surface area contributed by atoms with Crippen LogP contribution in [0.2, 0.25) is 0 Å². The maximum Gasteiger partial charge on any atom is 0.264 e. The van der Waals surface area contributed by atoms with E-state index in [-0.39, 0.29) is 18.5 Å². The minimum Gasteiger partial charge on any atom is -0.390 e. The van der Waals surface area contributed by atoms with Crippen LogP contribution in [-0.4, -0.2) is 45.8 Å². The van der Waals surface area contributed by atoms with Crippen molar-refractivity contribution in [1.82, 2.24) is 10.0 Å². The van der Waals surface area contributed by atoms with Crippen LogP contribution in [-0.2, 0) is 21.2 Å². The highest BCUT2D eigenvalue weighted by Gasteiger charge is 2.43. The first-order valence-electron chi connectivity index (χ1n) is 10.0. The maximum absolute atomic E-state index is 12.6. The molecule has 1 aliphatic rings. The van der Waals surface area contributed by atoms with Crippen molar-refractivity contribution < 1.29 is 23.5 Å². The number of hydroxylamine groups is 1. The van der Waals surface area contributed by atoms with E-state index >= 15 is 0 Å². The molecule has 1 aromatic carbocycles. The van der Waals surface area contributed by atoms with Crippen molar-refractivity contribution in [3.05, 3.63) is 58.5 Å². The fourth-order valence-corrected chi connectivity index (χ4v) is 4.82. The SMILES string of the molecule is C[C@@](CCn1ccc(-c2ccc([C@H]3C[C@@](C)(O)C3)cc2)cc1=O)(C(=O)NO)S(C)(=O)=O. The van der Waals surface area contributed by atoms with E-state index < -0.39 is 26.1 Å². The summed E-state index contributed by atoms with van der Waals surface area (Å²) in [5.74, 6) is -0.690. The number of rotatable bonds is 7. The molecule has 2 aromatic rings. The summed E-state index contributed by atoms with van der Waals surface area (Å²) in [4.78, 5) is 24.5. The van der Waals surface area contributed by atoms with Gasteiger partial charge in [-0.3, -0.25) is 14.8 Å². The molecule has 0 unspecified atom stereocenters. The second kappa shape index (κ2) is 8.22. The minimum absolute atomic E-state index is 0.00332. The molecule has 0 aliphatic heterocycles. The van der Waals surface area contributed by atoms with Gasteiger partial charge in [0.2, 0.25) is 0 Å². The zero-order valence-electron chi connectivity index (χ0n) is 17.8. The second-order valence-corrected chi connectivity index (χ2v) is 11.3. The van der Waals surface area contributed by atoms with Crippen molar-refractivity contribution in [2.24, 2.45) is 0 Å². The molecule has 31 heavy (non-hydrogen) atoms. The van der Waals surface area contributed by atoms with Gasteiger partial charge in [0.25, 0.3) is 11.5 Å². The molecule has 0 bridgehead atoms. The van der Waals surface area contributed by atoms with E-state index in [9.17, 15) is 23.1 Å². The Morgan fingerprint density at radius 2 is 1.84 bits per heavy atom. The van der Waals surface area contributed by atoms with E-state index in [0.29, 0.717) is 5.92 Å². The average Bonchev–Trinajstić information content (AvgIpc) is 2.69. The van der Waals surface area contributed by atoms with Gasteiger partial charge < -0.3 is 9.67 Å². The van der Waals surface area contributed by atoms with Crippen LogP contribution in [0, 0.1) is 0 Å². The van der Waals surface area contributed by atoms with Crippen LogP contribution in [0.3, 0.4) is 0 Å².